The molecule has 0 atom stereocenters. The van der Waals surface area contributed by atoms with Crippen molar-refractivity contribution < 1.29 is 4.74 Å². The zero-order valence-electron chi connectivity index (χ0n) is 9.91. The van der Waals surface area contributed by atoms with E-state index in [0.29, 0.717) is 28.1 Å². The quantitative estimate of drug-likeness (QED) is 0.896. The molecule has 0 unspecified atom stereocenters. The molecule has 2 N–H and O–H groups in total. The lowest BCUT2D eigenvalue weighted by Gasteiger charge is -2.10. The smallest absolute Gasteiger partial charge is 0.164 e. The molecule has 18 heavy (non-hydrogen) atoms. The Bertz CT molecular complexity index is 529. The monoisotopic (exact) mass is 281 g/mol. The van der Waals surface area contributed by atoms with Crippen molar-refractivity contribution >= 4 is 23.2 Å². The van der Waals surface area contributed by atoms with E-state index < -0.39 is 0 Å². The van der Waals surface area contributed by atoms with E-state index in [1.54, 1.807) is 0 Å². The molecule has 2 nitrogen and oxygen atoms in total. The first kappa shape index (κ1) is 13.2. The van der Waals surface area contributed by atoms with Crippen LogP contribution in [-0.2, 0) is 6.54 Å². The summed E-state index contributed by atoms with van der Waals surface area (Å²) in [5, 5.41) is 1.01. The van der Waals surface area contributed by atoms with E-state index in [1.807, 2.05) is 43.3 Å². The van der Waals surface area contributed by atoms with Crippen molar-refractivity contribution in [3.05, 3.63) is 57.6 Å². The maximum atomic E-state index is 6.11. The maximum absolute atomic E-state index is 6.11. The zero-order chi connectivity index (χ0) is 13.1. The first-order chi connectivity index (χ1) is 8.60. The summed E-state index contributed by atoms with van der Waals surface area (Å²) in [4.78, 5) is 0. The van der Waals surface area contributed by atoms with Gasteiger partial charge in [0.15, 0.2) is 5.75 Å². The topological polar surface area (TPSA) is 35.2 Å². The van der Waals surface area contributed by atoms with Crippen LogP contribution in [0.2, 0.25) is 10.0 Å². The van der Waals surface area contributed by atoms with E-state index in [9.17, 15) is 0 Å². The van der Waals surface area contributed by atoms with Crippen molar-refractivity contribution in [1.82, 2.24) is 0 Å². The van der Waals surface area contributed by atoms with Crippen LogP contribution >= 0.6 is 23.2 Å². The van der Waals surface area contributed by atoms with Crippen molar-refractivity contribution in [3.63, 3.8) is 0 Å². The van der Waals surface area contributed by atoms with Crippen LogP contribution in [0.1, 0.15) is 11.1 Å². The van der Waals surface area contributed by atoms with Crippen molar-refractivity contribution in [2.24, 2.45) is 5.73 Å². The van der Waals surface area contributed by atoms with Crippen LogP contribution in [0.25, 0.3) is 0 Å². The third-order valence-corrected chi connectivity index (χ3v) is 3.08. The number of nitrogens with two attached hydrogens (primary N) is 1. The van der Waals surface area contributed by atoms with E-state index in [2.05, 4.69) is 0 Å². The predicted octanol–water partition coefficient (Wildman–Crippen LogP) is 4.55. The lowest BCUT2D eigenvalue weighted by molar-refractivity contribution is 0.483. The second-order valence-electron chi connectivity index (χ2n) is 4.01. The highest BCUT2D eigenvalue weighted by Gasteiger charge is 2.09. The van der Waals surface area contributed by atoms with Crippen molar-refractivity contribution in [2.45, 2.75) is 13.5 Å². The highest BCUT2D eigenvalue weighted by molar-refractivity contribution is 6.37. The predicted molar refractivity (Wildman–Crippen MR) is 75.6 cm³/mol. The molecular formula is C14H13Cl2NO. The van der Waals surface area contributed by atoms with Gasteiger partial charge in [-0.25, -0.2) is 0 Å². The molecule has 4 heteroatoms. The molecule has 0 aromatic heterocycles. The van der Waals surface area contributed by atoms with Gasteiger partial charge in [0.25, 0.3) is 0 Å². The standard InChI is InChI=1S/C14H13Cl2NO/c1-9-6-12(15)14(13(16)7-9)18-11-4-2-10(8-17)3-5-11/h2-7H,8,17H2,1H3. The van der Waals surface area contributed by atoms with Crippen LogP contribution in [0.3, 0.4) is 0 Å². The summed E-state index contributed by atoms with van der Waals surface area (Å²) < 4.78 is 5.69. The Morgan fingerprint density at radius 3 is 2.11 bits per heavy atom. The van der Waals surface area contributed by atoms with Crippen molar-refractivity contribution in [3.8, 4) is 11.5 Å². The van der Waals surface area contributed by atoms with Gasteiger partial charge in [-0.15, -0.1) is 0 Å². The van der Waals surface area contributed by atoms with Gasteiger partial charge in [0.1, 0.15) is 5.75 Å². The van der Waals surface area contributed by atoms with Crippen LogP contribution < -0.4 is 10.5 Å². The van der Waals surface area contributed by atoms with Crippen LogP contribution in [-0.4, -0.2) is 0 Å². The normalized spacial score (nSPS) is 10.4. The lowest BCUT2D eigenvalue weighted by Crippen LogP contribution is -1.95. The number of benzene rings is 2. The van der Waals surface area contributed by atoms with Gasteiger partial charge >= 0.3 is 0 Å². The van der Waals surface area contributed by atoms with Gasteiger partial charge in [-0.2, -0.15) is 0 Å². The molecule has 0 amide bonds. The summed E-state index contributed by atoms with van der Waals surface area (Å²) in [5.41, 5.74) is 7.58. The number of ether oxygens (including phenoxy) is 1. The molecule has 0 aliphatic carbocycles. The second kappa shape index (κ2) is 5.61. The first-order valence-corrected chi connectivity index (χ1v) is 6.28. The molecule has 0 bridgehead atoms. The van der Waals surface area contributed by atoms with Gasteiger partial charge in [-0.05, 0) is 42.3 Å². The highest BCUT2D eigenvalue weighted by Crippen LogP contribution is 2.37. The largest absolute Gasteiger partial charge is 0.454 e. The van der Waals surface area contributed by atoms with Crippen molar-refractivity contribution in [1.29, 1.82) is 0 Å². The van der Waals surface area contributed by atoms with Gasteiger partial charge in [0.2, 0.25) is 0 Å². The third kappa shape index (κ3) is 2.96. The molecule has 0 fully saturated rings. The van der Waals surface area contributed by atoms with Gasteiger partial charge in [-0.3, -0.25) is 0 Å². The molecule has 2 rings (SSSR count). The molecule has 0 spiro atoms. The molecular weight excluding hydrogens is 269 g/mol. The molecule has 0 saturated heterocycles. The van der Waals surface area contributed by atoms with Crippen LogP contribution in [0.15, 0.2) is 36.4 Å². The average Bonchev–Trinajstić information content (AvgIpc) is 2.34. The van der Waals surface area contributed by atoms with E-state index >= 15 is 0 Å². The molecule has 0 aliphatic heterocycles. The number of hydrogen-bond donors (Lipinski definition) is 1. The Kier molecular flexibility index (Phi) is 4.12. The Labute approximate surface area is 116 Å². The number of hydrogen-bond acceptors (Lipinski definition) is 2. The van der Waals surface area contributed by atoms with Crippen LogP contribution in [0.5, 0.6) is 11.5 Å². The molecule has 0 heterocycles. The van der Waals surface area contributed by atoms with Crippen molar-refractivity contribution in [2.75, 3.05) is 0 Å². The minimum absolute atomic E-state index is 0.476. The first-order valence-electron chi connectivity index (χ1n) is 5.52. The number of rotatable bonds is 3. The summed E-state index contributed by atoms with van der Waals surface area (Å²) >= 11 is 12.2. The van der Waals surface area contributed by atoms with E-state index in [4.69, 9.17) is 33.7 Å². The van der Waals surface area contributed by atoms with Crippen LogP contribution in [0.4, 0.5) is 0 Å². The lowest BCUT2D eigenvalue weighted by atomic mass is 10.2. The van der Waals surface area contributed by atoms with Gasteiger partial charge in [-0.1, -0.05) is 35.3 Å². The molecule has 2 aromatic carbocycles. The fraction of sp³-hybridized carbons (Fsp3) is 0.143. The summed E-state index contributed by atoms with van der Waals surface area (Å²) in [6.45, 7) is 2.43. The maximum Gasteiger partial charge on any atom is 0.164 e. The Morgan fingerprint density at radius 2 is 1.61 bits per heavy atom. The molecule has 94 valence electrons. The SMILES string of the molecule is Cc1cc(Cl)c(Oc2ccc(CN)cc2)c(Cl)c1. The molecule has 2 aromatic rings. The van der Waals surface area contributed by atoms with Crippen LogP contribution in [0, 0.1) is 6.92 Å². The van der Waals surface area contributed by atoms with E-state index in [-0.39, 0.29) is 0 Å². The fourth-order valence-corrected chi connectivity index (χ4v) is 2.27. The third-order valence-electron chi connectivity index (χ3n) is 2.52. The van der Waals surface area contributed by atoms with E-state index in [0.717, 1.165) is 11.1 Å². The Balaban J connectivity index is 2.28. The number of halogens is 2. The fourth-order valence-electron chi connectivity index (χ4n) is 1.60. The second-order valence-corrected chi connectivity index (χ2v) is 4.82. The number of aryl methyl sites for hydroxylation is 1. The minimum atomic E-state index is 0.476. The summed E-state index contributed by atoms with van der Waals surface area (Å²) in [6, 6.07) is 11.1. The minimum Gasteiger partial charge on any atom is -0.454 e. The van der Waals surface area contributed by atoms with Gasteiger partial charge in [0, 0.05) is 6.54 Å². The molecule has 0 radical (unpaired) electrons. The van der Waals surface area contributed by atoms with Gasteiger partial charge < -0.3 is 10.5 Å². The Morgan fingerprint density at radius 1 is 1.06 bits per heavy atom. The van der Waals surface area contributed by atoms with E-state index in [1.165, 1.54) is 0 Å². The Hall–Kier alpha value is -1.22. The molecule has 0 saturated carbocycles. The highest BCUT2D eigenvalue weighted by atomic mass is 35.5. The summed E-state index contributed by atoms with van der Waals surface area (Å²) in [6.07, 6.45) is 0. The zero-order valence-corrected chi connectivity index (χ0v) is 11.4. The summed E-state index contributed by atoms with van der Waals surface area (Å²) in [5.74, 6) is 1.16. The van der Waals surface area contributed by atoms with Gasteiger partial charge in [0.05, 0.1) is 10.0 Å². The summed E-state index contributed by atoms with van der Waals surface area (Å²) in [7, 11) is 0. The molecule has 0 aliphatic rings. The average molecular weight is 282 g/mol.